The van der Waals surface area contributed by atoms with Gasteiger partial charge in [0.25, 0.3) is 11.8 Å². The molecule has 524 valence electrons. The number of aliphatic hydroxyl groups excluding tert-OH is 1. The van der Waals surface area contributed by atoms with Gasteiger partial charge < -0.3 is 49.4 Å². The lowest BCUT2D eigenvalue weighted by Crippen LogP contribution is -2.50. The molecule has 6 aromatic carbocycles. The highest BCUT2D eigenvalue weighted by Crippen LogP contribution is 2.57. The molecule has 0 radical (unpaired) electrons. The predicted octanol–water partition coefficient (Wildman–Crippen LogP) is 10.9. The first kappa shape index (κ1) is 70.5. The van der Waals surface area contributed by atoms with Crippen molar-refractivity contribution in [2.75, 3.05) is 43.2 Å². The molecule has 20 heteroatoms. The second kappa shape index (κ2) is 30.6. The van der Waals surface area contributed by atoms with Gasteiger partial charge >= 0.3 is 6.09 Å². The lowest BCUT2D eigenvalue weighted by molar-refractivity contribution is -0.133. The highest BCUT2D eigenvalue weighted by Gasteiger charge is 2.58. The van der Waals surface area contributed by atoms with Crippen molar-refractivity contribution >= 4 is 69.9 Å². The topological polar surface area (TPSA) is 248 Å². The first-order valence-corrected chi connectivity index (χ1v) is 35.0. The Morgan fingerprint density at radius 3 is 2.17 bits per heavy atom. The van der Waals surface area contributed by atoms with Crippen LogP contribution in [0.1, 0.15) is 162 Å². The summed E-state index contributed by atoms with van der Waals surface area (Å²) < 4.78 is 24.3. The van der Waals surface area contributed by atoms with Gasteiger partial charge in [0.15, 0.2) is 29.3 Å². The Morgan fingerprint density at radius 1 is 0.723 bits per heavy atom. The highest BCUT2D eigenvalue weighted by molar-refractivity contribution is 6.06. The predicted molar refractivity (Wildman–Crippen MR) is 379 cm³/mol. The summed E-state index contributed by atoms with van der Waals surface area (Å²) in [7, 11) is 1.55. The maximum atomic E-state index is 14.5. The zero-order valence-corrected chi connectivity index (χ0v) is 58.1. The summed E-state index contributed by atoms with van der Waals surface area (Å²) in [6, 6.07) is 35.6. The highest BCUT2D eigenvalue weighted by atomic mass is 16.6. The number of nitrogens with zero attached hydrogens (tertiary/aromatic N) is 4. The average molecular weight is 1370 g/mol. The summed E-state index contributed by atoms with van der Waals surface area (Å²) in [6.07, 6.45) is 4.10. The number of ether oxygens (including phenoxy) is 4. The monoisotopic (exact) mass is 1370 g/mol. The first-order chi connectivity index (χ1) is 48.6. The second-order valence-electron chi connectivity index (χ2n) is 28.0. The van der Waals surface area contributed by atoms with Gasteiger partial charge in [-0.15, -0.1) is 0 Å². The number of carbonyl (C=O) groups excluding carboxylic acids is 9. The Bertz CT molecular complexity index is 4330. The molecule has 5 atom stereocenters. The van der Waals surface area contributed by atoms with Crippen molar-refractivity contribution in [3.05, 3.63) is 189 Å². The van der Waals surface area contributed by atoms with Crippen LogP contribution in [-0.4, -0.2) is 126 Å². The van der Waals surface area contributed by atoms with Crippen molar-refractivity contribution in [1.29, 1.82) is 0 Å². The van der Waals surface area contributed by atoms with E-state index in [-0.39, 0.29) is 123 Å². The maximum absolute atomic E-state index is 14.5. The van der Waals surface area contributed by atoms with Crippen LogP contribution in [0.5, 0.6) is 17.2 Å². The van der Waals surface area contributed by atoms with E-state index in [1.54, 1.807) is 80.1 Å². The van der Waals surface area contributed by atoms with Crippen LogP contribution in [-0.2, 0) is 59.5 Å². The number of aryl methyl sites for hydroxylation is 3. The summed E-state index contributed by atoms with van der Waals surface area (Å²) in [6.45, 7) is 9.68. The number of methoxy groups -OCH3 is 1. The van der Waals surface area contributed by atoms with Crippen LogP contribution in [0.3, 0.4) is 0 Å². The number of amides is 6. The standard InChI is InChI=1S/C81H86N6O14/c1-49(2)64(40-63(89)44-82-74(91)30-28-62(88)29-31-75(92)85-45-59-14-8-7-12-55(59)24-25-57-13-9-10-15-67(57)85)76(93)83-52(5)70(90)37-53-18-20-54(21-19-53)47-101-80(97)87-68-42-71(51(4)36-66(68)78(95)86-48-81(32-33-81)43-69(86)79(87)96)99-34-11-35-100-73-39-58-26-27-61-38-60(56-22-16-50(3)17-23-56)46-84(61)77(94)65(58)41-72(73)98-6/h7-10,12-23,36,39,41-42,46,49,52,61,64,69,79,96H,11,26-35,37-38,40,43-45,47-48H2,1-6H3,(H,82,91)(H,83,93)/t52-,61+,64+,69-,79?/m0/s1. The Kier molecular flexibility index (Phi) is 21.4. The summed E-state index contributed by atoms with van der Waals surface area (Å²) in [5.41, 5.74) is 10.2. The molecule has 6 amide bonds. The SMILES string of the molecule is COc1cc2c(cc1OCCCOc1cc3c(cc1C)C(=O)N1CC4(CC4)C[C@H]1C(O)N3C(=O)OCc1ccc(CC(=O)[C@H](C)NC(=O)[C@H](CC(=O)CNC(=O)CCC(=O)CCC(=O)N3Cc4ccccc4C#Cc4ccccc43)C(C)C)cc1)CC[C@@H]1CC(c3ccc(C)cc3)=CN1C2=O. The van der Waals surface area contributed by atoms with Gasteiger partial charge in [0.05, 0.1) is 62.4 Å². The number of hydrogen-bond acceptors (Lipinski definition) is 14. The van der Waals surface area contributed by atoms with Crippen LogP contribution in [0.25, 0.3) is 5.57 Å². The Hall–Kier alpha value is -10.4. The first-order valence-electron chi connectivity index (χ1n) is 35.0. The van der Waals surface area contributed by atoms with Gasteiger partial charge in [-0.05, 0) is 146 Å². The molecular formula is C81H86N6O14. The van der Waals surface area contributed by atoms with Crippen LogP contribution < -0.4 is 34.6 Å². The van der Waals surface area contributed by atoms with E-state index in [2.05, 4.69) is 53.7 Å². The van der Waals surface area contributed by atoms with E-state index in [9.17, 15) is 48.3 Å². The second-order valence-corrected chi connectivity index (χ2v) is 28.0. The lowest BCUT2D eigenvalue weighted by Gasteiger charge is -2.31. The number of nitrogens with one attached hydrogen (secondary N) is 2. The number of anilines is 2. The van der Waals surface area contributed by atoms with Crippen molar-refractivity contribution < 1.29 is 67.2 Å². The Morgan fingerprint density at radius 2 is 1.43 bits per heavy atom. The smallest absolute Gasteiger partial charge is 0.416 e. The van der Waals surface area contributed by atoms with Gasteiger partial charge in [-0.2, -0.15) is 0 Å². The van der Waals surface area contributed by atoms with E-state index < -0.39 is 47.9 Å². The molecule has 101 heavy (non-hydrogen) atoms. The van der Waals surface area contributed by atoms with E-state index in [1.165, 1.54) is 5.56 Å². The molecule has 3 N–H and O–H groups in total. The van der Waals surface area contributed by atoms with Gasteiger partial charge in [-0.1, -0.05) is 110 Å². The third-order valence-corrected chi connectivity index (χ3v) is 20.4. The van der Waals surface area contributed by atoms with Gasteiger partial charge in [0, 0.05) is 92.4 Å². The van der Waals surface area contributed by atoms with Gasteiger partial charge in [0.2, 0.25) is 17.7 Å². The molecular weight excluding hydrogens is 1280 g/mol. The molecule has 1 saturated carbocycles. The maximum Gasteiger partial charge on any atom is 0.416 e. The molecule has 0 bridgehead atoms. The minimum absolute atomic E-state index is 0.0443. The molecule has 1 saturated heterocycles. The van der Waals surface area contributed by atoms with Crippen LogP contribution in [0.2, 0.25) is 0 Å². The minimum Gasteiger partial charge on any atom is -0.493 e. The van der Waals surface area contributed by atoms with E-state index in [4.69, 9.17) is 18.9 Å². The largest absolute Gasteiger partial charge is 0.493 e. The van der Waals surface area contributed by atoms with E-state index in [1.807, 2.05) is 72.6 Å². The molecule has 5 aliphatic heterocycles. The number of carbonyl (C=O) groups is 9. The Labute approximate surface area is 588 Å². The number of ketones is 3. The number of rotatable bonds is 26. The van der Waals surface area contributed by atoms with Crippen LogP contribution in [0.15, 0.2) is 128 Å². The molecule has 1 spiro atoms. The molecule has 0 aromatic heterocycles. The number of fused-ring (bicyclic) bond motifs is 6. The number of Topliss-reactive ketones (excluding diaryl/α,β-unsaturated/α-hetero) is 3. The summed E-state index contributed by atoms with van der Waals surface area (Å²) in [4.78, 5) is 129. The fraction of sp³-hybridized carbons (Fsp3) is 0.395. The molecule has 2 fully saturated rings. The summed E-state index contributed by atoms with van der Waals surface area (Å²) >= 11 is 0. The summed E-state index contributed by atoms with van der Waals surface area (Å²) in [5, 5.41) is 17.5. The average Bonchev–Trinajstić information content (AvgIpc) is 1.57. The van der Waals surface area contributed by atoms with Gasteiger partial charge in [0.1, 0.15) is 18.1 Å². The fourth-order valence-electron chi connectivity index (χ4n) is 14.2. The molecule has 6 aliphatic rings. The van der Waals surface area contributed by atoms with Crippen molar-refractivity contribution in [3.8, 4) is 29.1 Å². The van der Waals surface area contributed by atoms with Crippen molar-refractivity contribution in [1.82, 2.24) is 20.4 Å². The molecule has 12 rings (SSSR count). The number of para-hydroxylation sites is 1. The zero-order valence-electron chi connectivity index (χ0n) is 58.1. The van der Waals surface area contributed by atoms with E-state index in [0.717, 1.165) is 58.4 Å². The quantitative estimate of drug-likeness (QED) is 0.0338. The van der Waals surface area contributed by atoms with Crippen LogP contribution >= 0.6 is 0 Å². The normalized spacial score (nSPS) is 18.1. The lowest BCUT2D eigenvalue weighted by atomic mass is 9.89. The molecule has 20 nitrogen and oxygen atoms in total. The fourth-order valence-corrected chi connectivity index (χ4v) is 14.2. The third-order valence-electron chi connectivity index (χ3n) is 20.4. The van der Waals surface area contributed by atoms with E-state index in [0.29, 0.717) is 83.1 Å². The zero-order chi connectivity index (χ0) is 71.2. The van der Waals surface area contributed by atoms with Crippen LogP contribution in [0.4, 0.5) is 16.2 Å². The molecule has 1 aliphatic carbocycles. The number of aliphatic hydroxyl groups is 1. The number of benzene rings is 6. The van der Waals surface area contributed by atoms with Crippen molar-refractivity contribution in [2.45, 2.75) is 156 Å². The minimum atomic E-state index is -1.43. The Balaban J connectivity index is 0.599. The molecule has 5 heterocycles. The van der Waals surface area contributed by atoms with Gasteiger partial charge in [-0.25, -0.2) is 9.69 Å². The van der Waals surface area contributed by atoms with Crippen LogP contribution in [0, 0.1) is 42.9 Å². The third kappa shape index (κ3) is 16.1. The van der Waals surface area contributed by atoms with E-state index >= 15 is 0 Å². The van der Waals surface area contributed by atoms with Gasteiger partial charge in [-0.3, -0.25) is 38.4 Å². The van der Waals surface area contributed by atoms with Crippen molar-refractivity contribution in [3.63, 3.8) is 0 Å². The van der Waals surface area contributed by atoms with Crippen molar-refractivity contribution in [2.24, 2.45) is 17.3 Å². The summed E-state index contributed by atoms with van der Waals surface area (Å²) in [5.74, 6) is 4.03. The molecule has 1 unspecified atom stereocenters. The molecule has 6 aromatic rings. The number of hydrogen-bond donors (Lipinski definition) is 3.